The first kappa shape index (κ1) is 52.5. The lowest BCUT2D eigenvalue weighted by molar-refractivity contribution is -0.589. The monoisotopic (exact) mass is 1040 g/mol. The van der Waals surface area contributed by atoms with Crippen molar-refractivity contribution < 1.29 is 44.7 Å². The van der Waals surface area contributed by atoms with Crippen molar-refractivity contribution in [1.82, 2.24) is 4.98 Å². The molecule has 3 aliphatic carbocycles. The molecule has 4 aromatic carbocycles. The van der Waals surface area contributed by atoms with Gasteiger partial charge in [0.1, 0.15) is 0 Å². The van der Waals surface area contributed by atoms with E-state index in [4.69, 9.17) is 0 Å². The summed E-state index contributed by atoms with van der Waals surface area (Å²) < 4.78 is 0. The van der Waals surface area contributed by atoms with Gasteiger partial charge in [-0.15, -0.1) is 0 Å². The highest BCUT2D eigenvalue weighted by Gasteiger charge is 2.47. The molecular weight excluding hydrogens is 973 g/mol. The van der Waals surface area contributed by atoms with Crippen LogP contribution in [0.1, 0.15) is 149 Å². The summed E-state index contributed by atoms with van der Waals surface area (Å²) in [6, 6.07) is 15.0. The Balaban J connectivity index is 1.16. The molecule has 0 saturated heterocycles. The van der Waals surface area contributed by atoms with Gasteiger partial charge < -0.3 is 30.9 Å². The summed E-state index contributed by atoms with van der Waals surface area (Å²) >= 11 is 0. The summed E-state index contributed by atoms with van der Waals surface area (Å²) in [6.45, 7) is 29.2. The van der Waals surface area contributed by atoms with E-state index < -0.39 is 22.9 Å². The first-order valence-electron chi connectivity index (χ1n) is 28.2. The van der Waals surface area contributed by atoms with Crippen LogP contribution in [-0.4, -0.2) is 39.4 Å². The fourth-order valence-corrected chi connectivity index (χ4v) is 14.3. The number of anilines is 2. The molecule has 3 aliphatic heterocycles. The number of H-pyrrole nitrogens is 1. The lowest BCUT2D eigenvalue weighted by atomic mass is 9.77. The number of Topliss-reactive ketones (excluding diaryl/α,β-unsaturated/α-hetero) is 3. The van der Waals surface area contributed by atoms with Crippen molar-refractivity contribution in [1.29, 1.82) is 0 Å². The number of hydrogen-bond donors (Lipinski definition) is 6. The van der Waals surface area contributed by atoms with Crippen LogP contribution in [0.5, 0.6) is 0 Å². The molecule has 6 N–H and O–H groups in total. The number of hydrogen-bond acceptors (Lipinski definition) is 8. The summed E-state index contributed by atoms with van der Waals surface area (Å²) in [6.07, 6.45) is 4.14. The van der Waals surface area contributed by atoms with Crippen LogP contribution >= 0.6 is 0 Å². The minimum absolute atomic E-state index is 0.0511. The molecule has 0 unspecified atom stereocenters. The van der Waals surface area contributed by atoms with Crippen molar-refractivity contribution >= 4 is 83.8 Å². The second kappa shape index (κ2) is 18.5. The maximum Gasteiger partial charge on any atom is 0.235 e. The normalized spacial score (nSPS) is 20.8. The predicted octanol–water partition coefficient (Wildman–Crippen LogP) is 2.53. The molecular formula is C66H72N6O6. The van der Waals surface area contributed by atoms with Crippen molar-refractivity contribution in [3.05, 3.63) is 143 Å². The average molecular weight is 1050 g/mol. The SMILES string of the molecule is CCC1=C(C)/C(=C2\C(=O)C(c3ccc4cc/c(=C5/C(=O)C(c6ccc7cc/c(=C8/C(=O)C(c9[nH]c(C)c(CC)c9C)=C8[O-])c8c7c6NC(CC(C)C)(CC(C)C)[NH+]=8)=C5[O-])c5c4c3NC(CC(C)C)(CC(C)C)[NH+]=5)=C2[O-])[NH+]=C1C. The minimum atomic E-state index is -0.787. The summed E-state index contributed by atoms with van der Waals surface area (Å²) in [4.78, 5) is 58.7. The second-order valence-electron chi connectivity index (χ2n) is 24.6. The highest BCUT2D eigenvalue weighted by molar-refractivity contribution is 6.53. The third-order valence-corrected chi connectivity index (χ3v) is 17.1. The summed E-state index contributed by atoms with van der Waals surface area (Å²) in [5.41, 5.74) is 8.27. The molecule has 4 heterocycles. The van der Waals surface area contributed by atoms with E-state index in [2.05, 4.69) is 99.8 Å². The van der Waals surface area contributed by atoms with Gasteiger partial charge in [0.2, 0.25) is 27.7 Å². The first-order chi connectivity index (χ1) is 36.9. The van der Waals surface area contributed by atoms with Gasteiger partial charge >= 0.3 is 0 Å². The number of rotatable bonds is 13. The van der Waals surface area contributed by atoms with Crippen LogP contribution in [0.3, 0.4) is 0 Å². The van der Waals surface area contributed by atoms with Gasteiger partial charge in [0.05, 0.1) is 43.9 Å². The summed E-state index contributed by atoms with van der Waals surface area (Å²) in [5.74, 6) is -1.29. The Labute approximate surface area is 455 Å². The molecule has 402 valence electrons. The quantitative estimate of drug-likeness (QED) is 0.0967. The van der Waals surface area contributed by atoms with Crippen molar-refractivity contribution in [3.8, 4) is 0 Å². The molecule has 5 aromatic rings. The molecule has 0 bridgehead atoms. The molecule has 0 atom stereocenters. The smallest absolute Gasteiger partial charge is 0.235 e. The van der Waals surface area contributed by atoms with E-state index in [0.717, 1.165) is 57.3 Å². The Kier molecular flexibility index (Phi) is 12.5. The number of aromatic nitrogens is 1. The van der Waals surface area contributed by atoms with Gasteiger partial charge in [-0.2, -0.15) is 0 Å². The standard InChI is InChI=1S/C66H72N6O6/c1-15-39-33(11)53(67-35(39)13)51-61(75)49(62(51)76)43-23-19-37-17-21-41(55-45(37)57(43)71-65(69-55,25-29(3)4)26-30(5)6)47-59(73)48(60(47)74)42-22-18-38-20-24-44(50-63(77)52(64(50)78)54-34(12)40(16-2)36(14)68-54)58-46(38)56(42)70-66(72-58,27-31(7)8)28-32(9)10/h17-24,29-32,67,69,72-73,75,77H,15-16,25-28H2,1-14H3/b48-42-,49-43-,54-52+. The van der Waals surface area contributed by atoms with E-state index in [0.29, 0.717) is 91.5 Å². The molecule has 12 heteroatoms. The second-order valence-corrected chi connectivity index (χ2v) is 24.6. The number of aromatic amines is 1. The number of benzene rings is 4. The van der Waals surface area contributed by atoms with Gasteiger partial charge in [-0.25, -0.2) is 15.0 Å². The molecule has 6 aliphatic rings. The van der Waals surface area contributed by atoms with Crippen LogP contribution < -0.4 is 62.1 Å². The topological polar surface area (TPSA) is 202 Å². The third-order valence-electron chi connectivity index (χ3n) is 17.1. The van der Waals surface area contributed by atoms with Crippen LogP contribution in [-0.2, 0) is 20.8 Å². The van der Waals surface area contributed by atoms with Crippen LogP contribution in [0.2, 0.25) is 0 Å². The minimum Gasteiger partial charge on any atom is -0.871 e. The van der Waals surface area contributed by atoms with E-state index in [1.165, 1.54) is 0 Å². The fourth-order valence-electron chi connectivity index (χ4n) is 14.3. The Morgan fingerprint density at radius 2 is 0.936 bits per heavy atom. The number of carbonyl (C=O) groups is 3. The first-order valence-corrected chi connectivity index (χ1v) is 28.2. The molecule has 1 aromatic heterocycles. The van der Waals surface area contributed by atoms with Gasteiger partial charge in [-0.05, 0) is 91.3 Å². The Morgan fingerprint density at radius 1 is 0.526 bits per heavy atom. The number of carbonyl (C=O) groups excluding carboxylic acids is 3. The van der Waals surface area contributed by atoms with Gasteiger partial charge in [0.25, 0.3) is 0 Å². The summed E-state index contributed by atoms with van der Waals surface area (Å²) in [7, 11) is 0. The van der Waals surface area contributed by atoms with Crippen molar-refractivity contribution in [2.75, 3.05) is 10.6 Å². The van der Waals surface area contributed by atoms with Gasteiger partial charge in [0, 0.05) is 88.4 Å². The van der Waals surface area contributed by atoms with Gasteiger partial charge in [-0.3, -0.25) is 14.4 Å². The zero-order valence-corrected chi connectivity index (χ0v) is 47.6. The molecule has 0 radical (unpaired) electrons. The number of ketones is 3. The van der Waals surface area contributed by atoms with Crippen molar-refractivity contribution in [3.63, 3.8) is 0 Å². The Hall–Kier alpha value is -7.60. The molecule has 11 rings (SSSR count). The van der Waals surface area contributed by atoms with Crippen molar-refractivity contribution in [2.45, 2.75) is 147 Å². The number of aryl methyl sites for hydroxylation is 1. The third kappa shape index (κ3) is 7.74. The fraction of sp³-hybridized carbons (Fsp3) is 0.394. The number of allylic oxidation sites excluding steroid dienone is 8. The zero-order chi connectivity index (χ0) is 55.9. The number of nitrogens with one attached hydrogen (secondary N) is 6. The molecule has 0 saturated carbocycles. The van der Waals surface area contributed by atoms with Crippen LogP contribution in [0.4, 0.5) is 11.4 Å². The van der Waals surface area contributed by atoms with Gasteiger partial charge in [0.15, 0.2) is 23.1 Å². The lowest BCUT2D eigenvalue weighted by Crippen LogP contribution is -2.96. The van der Waals surface area contributed by atoms with Crippen molar-refractivity contribution in [2.24, 2.45) is 23.7 Å². The lowest BCUT2D eigenvalue weighted by Gasteiger charge is -2.37. The molecule has 0 spiro atoms. The molecule has 0 fully saturated rings. The van der Waals surface area contributed by atoms with Crippen LogP contribution in [0.15, 0.2) is 88.2 Å². The largest absolute Gasteiger partial charge is 0.871 e. The molecule has 12 nitrogen and oxygen atoms in total. The van der Waals surface area contributed by atoms with Crippen LogP contribution in [0, 0.1) is 37.5 Å². The average Bonchev–Trinajstić information content (AvgIpc) is 3.82. The maximum atomic E-state index is 15.4. The van der Waals surface area contributed by atoms with E-state index in [1.54, 1.807) is 0 Å². The highest BCUT2D eigenvalue weighted by Crippen LogP contribution is 2.45. The van der Waals surface area contributed by atoms with Gasteiger partial charge in [-0.1, -0.05) is 123 Å². The van der Waals surface area contributed by atoms with E-state index >= 15 is 9.90 Å². The van der Waals surface area contributed by atoms with Crippen LogP contribution in [0.25, 0.3) is 49.4 Å². The highest BCUT2D eigenvalue weighted by atomic mass is 16.3. The Bertz CT molecular complexity index is 4070. The van der Waals surface area contributed by atoms with E-state index in [-0.39, 0.29) is 80.2 Å². The zero-order valence-electron chi connectivity index (χ0n) is 47.6. The molecule has 0 amide bonds. The Morgan fingerprint density at radius 3 is 1.31 bits per heavy atom. The molecule has 78 heavy (non-hydrogen) atoms. The van der Waals surface area contributed by atoms with E-state index in [9.17, 15) is 19.8 Å². The predicted molar refractivity (Wildman–Crippen MR) is 301 cm³/mol. The maximum absolute atomic E-state index is 15.4. The summed E-state index contributed by atoms with van der Waals surface area (Å²) in [5, 5.41) is 57.2. The van der Waals surface area contributed by atoms with E-state index in [1.807, 2.05) is 76.2 Å².